The Morgan fingerprint density at radius 3 is 2.52 bits per heavy atom. The first-order valence-electron chi connectivity index (χ1n) is 9.14. The molecule has 0 spiro atoms. The third-order valence-corrected chi connectivity index (χ3v) is 4.90. The maximum Gasteiger partial charge on any atom is 0.251 e. The molecule has 0 unspecified atom stereocenters. The Kier molecular flexibility index (Phi) is 4.85. The van der Waals surface area contributed by atoms with E-state index in [9.17, 15) is 0 Å². The largest absolute Gasteiger partial charge is 0.495 e. The van der Waals surface area contributed by atoms with Gasteiger partial charge in [0.15, 0.2) is 0 Å². The fourth-order valence-electron chi connectivity index (χ4n) is 3.50. The molecule has 7 heteroatoms. The van der Waals surface area contributed by atoms with E-state index in [1.165, 1.54) is 0 Å². The highest BCUT2D eigenvalue weighted by molar-refractivity contribution is 5.58. The normalized spacial score (nSPS) is 15.3. The van der Waals surface area contributed by atoms with Crippen molar-refractivity contribution >= 4 is 5.69 Å². The Morgan fingerprint density at radius 2 is 1.81 bits per heavy atom. The first kappa shape index (κ1) is 17.6. The number of para-hydroxylation sites is 2. The second-order valence-corrected chi connectivity index (χ2v) is 6.76. The van der Waals surface area contributed by atoms with Gasteiger partial charge in [0, 0.05) is 26.2 Å². The van der Waals surface area contributed by atoms with Crippen LogP contribution < -0.4 is 9.64 Å². The molecule has 1 saturated heterocycles. The van der Waals surface area contributed by atoms with Crippen LogP contribution in [0.15, 0.2) is 39.2 Å². The number of aryl methyl sites for hydroxylation is 2. The number of hydrogen-bond donors (Lipinski definition) is 0. The van der Waals surface area contributed by atoms with Crippen molar-refractivity contribution in [3.63, 3.8) is 0 Å². The molecule has 4 rings (SSSR count). The lowest BCUT2D eigenvalue weighted by Crippen LogP contribution is -2.46. The van der Waals surface area contributed by atoms with E-state index in [4.69, 9.17) is 13.6 Å². The van der Waals surface area contributed by atoms with Gasteiger partial charge in [0.05, 0.1) is 24.9 Å². The highest BCUT2D eigenvalue weighted by Crippen LogP contribution is 2.29. The predicted molar refractivity (Wildman–Crippen MR) is 102 cm³/mol. The van der Waals surface area contributed by atoms with Gasteiger partial charge in [-0.3, -0.25) is 4.90 Å². The van der Waals surface area contributed by atoms with Crippen LogP contribution in [0.1, 0.15) is 17.4 Å². The first-order chi connectivity index (χ1) is 13.1. The Labute approximate surface area is 158 Å². The fraction of sp³-hybridized carbons (Fsp3) is 0.400. The molecule has 3 heterocycles. The van der Waals surface area contributed by atoms with Gasteiger partial charge in [-0.05, 0) is 32.0 Å². The summed E-state index contributed by atoms with van der Waals surface area (Å²) in [5, 5.41) is 8.39. The summed E-state index contributed by atoms with van der Waals surface area (Å²) in [6, 6.07) is 10.1. The van der Waals surface area contributed by atoms with Crippen molar-refractivity contribution in [2.45, 2.75) is 20.4 Å². The predicted octanol–water partition coefficient (Wildman–Crippen LogP) is 3.28. The number of piperazine rings is 1. The maximum absolute atomic E-state index is 5.86. The van der Waals surface area contributed by atoms with Crippen molar-refractivity contribution in [1.29, 1.82) is 0 Å². The van der Waals surface area contributed by atoms with Crippen LogP contribution in [0.2, 0.25) is 0 Å². The van der Waals surface area contributed by atoms with Gasteiger partial charge in [-0.15, -0.1) is 10.2 Å². The minimum Gasteiger partial charge on any atom is -0.495 e. The van der Waals surface area contributed by atoms with Crippen LogP contribution in [-0.4, -0.2) is 48.4 Å². The molecule has 1 aromatic carbocycles. The molecule has 3 aromatic rings. The average Bonchev–Trinajstić information content (AvgIpc) is 3.28. The van der Waals surface area contributed by atoms with Crippen LogP contribution in [0.25, 0.3) is 11.5 Å². The topological polar surface area (TPSA) is 67.8 Å². The fourth-order valence-corrected chi connectivity index (χ4v) is 3.50. The molecule has 0 atom stereocenters. The van der Waals surface area contributed by atoms with Gasteiger partial charge in [0.25, 0.3) is 5.89 Å². The molecule has 2 aromatic heterocycles. The van der Waals surface area contributed by atoms with E-state index in [1.54, 1.807) is 7.11 Å². The third kappa shape index (κ3) is 3.68. The standard InChI is InChI=1S/C20H24N4O3/c1-14-12-16(15(2)26-14)20-22-21-19(27-20)13-23-8-10-24(11-9-23)17-6-4-5-7-18(17)25-3/h4-7,12H,8-11,13H2,1-3H3. The lowest BCUT2D eigenvalue weighted by Gasteiger charge is -2.35. The Hall–Kier alpha value is -2.80. The van der Waals surface area contributed by atoms with Gasteiger partial charge >= 0.3 is 0 Å². The number of ether oxygens (including phenoxy) is 1. The molecule has 7 nitrogen and oxygen atoms in total. The molecule has 1 fully saturated rings. The third-order valence-electron chi connectivity index (χ3n) is 4.90. The number of hydrogen-bond acceptors (Lipinski definition) is 7. The lowest BCUT2D eigenvalue weighted by atomic mass is 10.2. The van der Waals surface area contributed by atoms with Gasteiger partial charge in [-0.2, -0.15) is 0 Å². The minimum absolute atomic E-state index is 0.520. The SMILES string of the molecule is COc1ccccc1N1CCN(Cc2nnc(-c3cc(C)oc3C)o2)CC1. The lowest BCUT2D eigenvalue weighted by molar-refractivity contribution is 0.226. The minimum atomic E-state index is 0.520. The monoisotopic (exact) mass is 368 g/mol. The summed E-state index contributed by atoms with van der Waals surface area (Å²) < 4.78 is 16.9. The van der Waals surface area contributed by atoms with Crippen molar-refractivity contribution < 1.29 is 13.6 Å². The van der Waals surface area contributed by atoms with E-state index in [0.29, 0.717) is 18.3 Å². The summed E-state index contributed by atoms with van der Waals surface area (Å²) in [4.78, 5) is 4.68. The van der Waals surface area contributed by atoms with Gasteiger partial charge in [0.2, 0.25) is 5.89 Å². The number of nitrogens with zero attached hydrogens (tertiary/aromatic N) is 4. The van der Waals surface area contributed by atoms with Gasteiger partial charge < -0.3 is 18.5 Å². The van der Waals surface area contributed by atoms with Crippen molar-refractivity contribution in [1.82, 2.24) is 15.1 Å². The zero-order chi connectivity index (χ0) is 18.8. The number of rotatable bonds is 5. The zero-order valence-corrected chi connectivity index (χ0v) is 15.9. The van der Waals surface area contributed by atoms with E-state index in [-0.39, 0.29) is 0 Å². The van der Waals surface area contributed by atoms with E-state index in [0.717, 1.165) is 54.7 Å². The Morgan fingerprint density at radius 1 is 1.04 bits per heavy atom. The quantitative estimate of drug-likeness (QED) is 0.684. The average molecular weight is 368 g/mol. The van der Waals surface area contributed by atoms with Crippen LogP contribution in [0.3, 0.4) is 0 Å². The van der Waals surface area contributed by atoms with Crippen LogP contribution in [0.4, 0.5) is 5.69 Å². The molecule has 0 aliphatic carbocycles. The van der Waals surface area contributed by atoms with Gasteiger partial charge in [-0.25, -0.2) is 0 Å². The Bertz CT molecular complexity index is 910. The maximum atomic E-state index is 5.86. The second kappa shape index (κ2) is 7.44. The summed E-state index contributed by atoms with van der Waals surface area (Å²) in [5.41, 5.74) is 2.01. The van der Waals surface area contributed by atoms with Crippen LogP contribution in [0.5, 0.6) is 5.75 Å². The molecular formula is C20H24N4O3. The van der Waals surface area contributed by atoms with Crippen molar-refractivity contribution in [3.8, 4) is 17.2 Å². The van der Waals surface area contributed by atoms with E-state index in [2.05, 4.69) is 26.1 Å². The molecular weight excluding hydrogens is 344 g/mol. The summed E-state index contributed by atoms with van der Waals surface area (Å²) in [5.74, 6) is 3.71. The smallest absolute Gasteiger partial charge is 0.251 e. The second-order valence-electron chi connectivity index (χ2n) is 6.76. The van der Waals surface area contributed by atoms with Gasteiger partial charge in [0.1, 0.15) is 17.3 Å². The summed E-state index contributed by atoms with van der Waals surface area (Å²) in [6.07, 6.45) is 0. The molecule has 0 saturated carbocycles. The number of furan rings is 1. The molecule has 0 bridgehead atoms. The summed E-state index contributed by atoms with van der Waals surface area (Å²) in [6.45, 7) is 8.20. The number of benzene rings is 1. The molecule has 0 radical (unpaired) electrons. The number of methoxy groups -OCH3 is 1. The number of aromatic nitrogens is 2. The molecule has 1 aliphatic rings. The van der Waals surface area contributed by atoms with E-state index >= 15 is 0 Å². The number of anilines is 1. The van der Waals surface area contributed by atoms with Crippen LogP contribution in [0, 0.1) is 13.8 Å². The molecule has 1 aliphatic heterocycles. The van der Waals surface area contributed by atoms with Crippen molar-refractivity contribution in [3.05, 3.63) is 47.7 Å². The summed E-state index contributed by atoms with van der Waals surface area (Å²) in [7, 11) is 1.71. The van der Waals surface area contributed by atoms with Crippen LogP contribution >= 0.6 is 0 Å². The molecule has 0 amide bonds. The zero-order valence-electron chi connectivity index (χ0n) is 15.9. The Balaban J connectivity index is 1.38. The first-order valence-corrected chi connectivity index (χ1v) is 9.14. The highest BCUT2D eigenvalue weighted by Gasteiger charge is 2.22. The molecule has 142 valence electrons. The molecule has 27 heavy (non-hydrogen) atoms. The van der Waals surface area contributed by atoms with Crippen LogP contribution in [-0.2, 0) is 6.54 Å². The van der Waals surface area contributed by atoms with E-state index in [1.807, 2.05) is 38.1 Å². The van der Waals surface area contributed by atoms with Crippen molar-refractivity contribution in [2.24, 2.45) is 0 Å². The molecule has 0 N–H and O–H groups in total. The van der Waals surface area contributed by atoms with E-state index < -0.39 is 0 Å². The van der Waals surface area contributed by atoms with Gasteiger partial charge in [-0.1, -0.05) is 12.1 Å². The summed E-state index contributed by atoms with van der Waals surface area (Å²) >= 11 is 0. The van der Waals surface area contributed by atoms with Crippen molar-refractivity contribution in [2.75, 3.05) is 38.2 Å². The highest BCUT2D eigenvalue weighted by atomic mass is 16.5.